The third-order valence-electron chi connectivity index (χ3n) is 3.60. The average molecular weight is 272 g/mol. The fraction of sp³-hybridized carbons (Fsp3) is 0.857. The molecule has 3 N–H and O–H groups in total. The molecule has 0 spiro atoms. The molecule has 0 bridgehead atoms. The summed E-state index contributed by atoms with van der Waals surface area (Å²) in [6, 6.07) is -0.565. The van der Waals surface area contributed by atoms with Gasteiger partial charge < -0.3 is 15.7 Å². The number of hydrogen-bond acceptors (Lipinski definition) is 3. The number of carbonyl (C=O) groups is 2. The van der Waals surface area contributed by atoms with Gasteiger partial charge in [-0.3, -0.25) is 9.59 Å². The SMILES string of the molecule is CCC(C)C(C)(O)CNC(=O)C(NC(C)=O)C(C)C. The van der Waals surface area contributed by atoms with E-state index in [1.807, 2.05) is 27.7 Å². The van der Waals surface area contributed by atoms with E-state index in [4.69, 9.17) is 0 Å². The largest absolute Gasteiger partial charge is 0.388 e. The Labute approximate surface area is 116 Å². The summed E-state index contributed by atoms with van der Waals surface area (Å²) in [7, 11) is 0. The Kier molecular flexibility index (Phi) is 7.05. The highest BCUT2D eigenvalue weighted by atomic mass is 16.3. The molecule has 0 radical (unpaired) electrons. The van der Waals surface area contributed by atoms with Crippen LogP contribution in [0.25, 0.3) is 0 Å². The van der Waals surface area contributed by atoms with Gasteiger partial charge in [0.15, 0.2) is 0 Å². The van der Waals surface area contributed by atoms with Gasteiger partial charge in [-0.25, -0.2) is 0 Å². The summed E-state index contributed by atoms with van der Waals surface area (Å²) in [4.78, 5) is 23.1. The van der Waals surface area contributed by atoms with Gasteiger partial charge in [-0.1, -0.05) is 34.1 Å². The Balaban J connectivity index is 4.53. The number of carbonyl (C=O) groups excluding carboxylic acids is 2. The van der Waals surface area contributed by atoms with Crippen molar-refractivity contribution in [3.8, 4) is 0 Å². The summed E-state index contributed by atoms with van der Waals surface area (Å²) in [5, 5.41) is 15.6. The molecule has 0 aromatic rings. The maximum absolute atomic E-state index is 12.0. The molecule has 3 atom stereocenters. The molecule has 5 nitrogen and oxygen atoms in total. The van der Waals surface area contributed by atoms with E-state index in [1.54, 1.807) is 6.92 Å². The van der Waals surface area contributed by atoms with Crippen molar-refractivity contribution >= 4 is 11.8 Å². The smallest absolute Gasteiger partial charge is 0.242 e. The highest BCUT2D eigenvalue weighted by molar-refractivity contribution is 5.87. The zero-order valence-corrected chi connectivity index (χ0v) is 12.9. The van der Waals surface area contributed by atoms with Crippen LogP contribution in [0, 0.1) is 11.8 Å². The van der Waals surface area contributed by atoms with Crippen molar-refractivity contribution in [2.45, 2.75) is 59.6 Å². The fourth-order valence-electron chi connectivity index (χ4n) is 1.74. The first-order valence-electron chi connectivity index (χ1n) is 6.89. The van der Waals surface area contributed by atoms with Crippen LogP contribution in [0.5, 0.6) is 0 Å². The molecule has 0 aliphatic rings. The van der Waals surface area contributed by atoms with Crippen LogP contribution in [0.2, 0.25) is 0 Å². The van der Waals surface area contributed by atoms with E-state index >= 15 is 0 Å². The molecule has 0 saturated heterocycles. The molecule has 19 heavy (non-hydrogen) atoms. The molecule has 0 rings (SSSR count). The van der Waals surface area contributed by atoms with Crippen molar-refractivity contribution in [3.05, 3.63) is 0 Å². The molecule has 0 aromatic heterocycles. The van der Waals surface area contributed by atoms with E-state index < -0.39 is 11.6 Å². The predicted octanol–water partition coefficient (Wildman–Crippen LogP) is 1.06. The van der Waals surface area contributed by atoms with E-state index in [9.17, 15) is 14.7 Å². The average Bonchev–Trinajstić information content (AvgIpc) is 2.31. The standard InChI is InChI=1S/C14H28N2O3/c1-7-10(4)14(6,19)8-15-13(18)12(9(2)3)16-11(5)17/h9-10,12,19H,7-8H2,1-6H3,(H,15,18)(H,16,17). The maximum Gasteiger partial charge on any atom is 0.242 e. The minimum absolute atomic E-state index is 0.00236. The van der Waals surface area contributed by atoms with Gasteiger partial charge in [-0.05, 0) is 18.8 Å². The molecular weight excluding hydrogens is 244 g/mol. The summed E-state index contributed by atoms with van der Waals surface area (Å²) >= 11 is 0. The lowest BCUT2D eigenvalue weighted by atomic mass is 9.88. The van der Waals surface area contributed by atoms with Crippen LogP contribution in [-0.4, -0.2) is 35.1 Å². The van der Waals surface area contributed by atoms with Gasteiger partial charge in [0.05, 0.1) is 5.60 Å². The molecule has 0 aromatic carbocycles. The zero-order valence-electron chi connectivity index (χ0n) is 12.9. The lowest BCUT2D eigenvalue weighted by molar-refractivity contribution is -0.130. The van der Waals surface area contributed by atoms with Crippen molar-refractivity contribution < 1.29 is 14.7 Å². The Morgan fingerprint density at radius 3 is 2.16 bits per heavy atom. The minimum atomic E-state index is -0.942. The van der Waals surface area contributed by atoms with Gasteiger partial charge in [-0.15, -0.1) is 0 Å². The predicted molar refractivity (Wildman–Crippen MR) is 75.5 cm³/mol. The summed E-state index contributed by atoms with van der Waals surface area (Å²) in [5.74, 6) is -0.403. The van der Waals surface area contributed by atoms with Gasteiger partial charge in [0.1, 0.15) is 6.04 Å². The van der Waals surface area contributed by atoms with Gasteiger partial charge in [-0.2, -0.15) is 0 Å². The Morgan fingerprint density at radius 1 is 1.26 bits per heavy atom. The second kappa shape index (κ2) is 7.48. The first kappa shape index (κ1) is 17.9. The summed E-state index contributed by atoms with van der Waals surface area (Å²) in [6.45, 7) is 11.0. The topological polar surface area (TPSA) is 78.4 Å². The highest BCUT2D eigenvalue weighted by Gasteiger charge is 2.29. The number of aliphatic hydroxyl groups is 1. The molecule has 2 amide bonds. The Bertz CT molecular complexity index is 314. The number of nitrogens with one attached hydrogen (secondary N) is 2. The van der Waals surface area contributed by atoms with Crippen LogP contribution < -0.4 is 10.6 Å². The molecule has 5 heteroatoms. The summed E-state index contributed by atoms with van der Waals surface area (Å²) in [5.41, 5.74) is -0.942. The molecule has 0 saturated carbocycles. The first-order chi connectivity index (χ1) is 8.61. The van der Waals surface area contributed by atoms with E-state index in [-0.39, 0.29) is 30.2 Å². The third-order valence-corrected chi connectivity index (χ3v) is 3.60. The van der Waals surface area contributed by atoms with Crippen molar-refractivity contribution in [1.29, 1.82) is 0 Å². The zero-order chi connectivity index (χ0) is 15.2. The molecule has 0 aliphatic carbocycles. The van der Waals surface area contributed by atoms with Gasteiger partial charge in [0.2, 0.25) is 11.8 Å². The van der Waals surface area contributed by atoms with Crippen LogP contribution in [0.3, 0.4) is 0 Å². The monoisotopic (exact) mass is 272 g/mol. The normalized spacial score (nSPS) is 17.5. The molecule has 0 aliphatic heterocycles. The summed E-state index contributed by atoms with van der Waals surface area (Å²) in [6.07, 6.45) is 0.835. The van der Waals surface area contributed by atoms with Crippen LogP contribution in [0.15, 0.2) is 0 Å². The number of hydrogen-bond donors (Lipinski definition) is 3. The van der Waals surface area contributed by atoms with E-state index in [0.29, 0.717) is 0 Å². The highest BCUT2D eigenvalue weighted by Crippen LogP contribution is 2.18. The minimum Gasteiger partial charge on any atom is -0.388 e. The lowest BCUT2D eigenvalue weighted by Crippen LogP contribution is -2.53. The van der Waals surface area contributed by atoms with E-state index in [0.717, 1.165) is 6.42 Å². The second-order valence-electron chi connectivity index (χ2n) is 5.81. The van der Waals surface area contributed by atoms with Crippen LogP contribution in [0.4, 0.5) is 0 Å². The van der Waals surface area contributed by atoms with Crippen molar-refractivity contribution in [1.82, 2.24) is 10.6 Å². The first-order valence-corrected chi connectivity index (χ1v) is 6.89. The quantitative estimate of drug-likeness (QED) is 0.648. The van der Waals surface area contributed by atoms with Crippen LogP contribution in [0.1, 0.15) is 48.0 Å². The Hall–Kier alpha value is -1.10. The number of amides is 2. The van der Waals surface area contributed by atoms with Crippen molar-refractivity contribution in [3.63, 3.8) is 0 Å². The molecule has 112 valence electrons. The number of rotatable bonds is 7. The second-order valence-corrected chi connectivity index (χ2v) is 5.81. The van der Waals surface area contributed by atoms with Crippen molar-refractivity contribution in [2.24, 2.45) is 11.8 Å². The fourth-order valence-corrected chi connectivity index (χ4v) is 1.74. The third kappa shape index (κ3) is 6.05. The summed E-state index contributed by atoms with van der Waals surface area (Å²) < 4.78 is 0. The van der Waals surface area contributed by atoms with Crippen LogP contribution >= 0.6 is 0 Å². The molecule has 0 heterocycles. The van der Waals surface area contributed by atoms with E-state index in [1.165, 1.54) is 6.92 Å². The van der Waals surface area contributed by atoms with Gasteiger partial charge in [0, 0.05) is 13.5 Å². The van der Waals surface area contributed by atoms with Crippen LogP contribution in [-0.2, 0) is 9.59 Å². The van der Waals surface area contributed by atoms with Gasteiger partial charge in [0.25, 0.3) is 0 Å². The van der Waals surface area contributed by atoms with Gasteiger partial charge >= 0.3 is 0 Å². The maximum atomic E-state index is 12.0. The molecular formula is C14H28N2O3. The lowest BCUT2D eigenvalue weighted by Gasteiger charge is -2.31. The van der Waals surface area contributed by atoms with Crippen molar-refractivity contribution in [2.75, 3.05) is 6.54 Å². The molecule has 3 unspecified atom stereocenters. The molecule has 0 fully saturated rings. The Morgan fingerprint density at radius 2 is 1.79 bits per heavy atom. The van der Waals surface area contributed by atoms with E-state index in [2.05, 4.69) is 10.6 Å².